The second-order valence-corrected chi connectivity index (χ2v) is 7.80. The predicted octanol–water partition coefficient (Wildman–Crippen LogP) is 4.54. The lowest BCUT2D eigenvalue weighted by Crippen LogP contribution is -2.42. The van der Waals surface area contributed by atoms with E-state index in [0.29, 0.717) is 18.0 Å². The molecule has 1 aliphatic rings. The predicted molar refractivity (Wildman–Crippen MR) is 113 cm³/mol. The quantitative estimate of drug-likeness (QED) is 0.672. The van der Waals surface area contributed by atoms with Crippen LogP contribution < -0.4 is 5.32 Å². The molecule has 1 amide bonds. The second-order valence-electron chi connectivity index (χ2n) is 7.80. The largest absolute Gasteiger partial charge is 0.355 e. The number of likely N-dealkylation sites (tertiary alicyclic amines) is 1. The number of nitrogens with zero attached hydrogens (tertiary/aromatic N) is 2. The van der Waals surface area contributed by atoms with Gasteiger partial charge in [0, 0.05) is 18.2 Å². The zero-order valence-electron chi connectivity index (χ0n) is 16.8. The van der Waals surface area contributed by atoms with Crippen LogP contribution in [0.5, 0.6) is 0 Å². The zero-order chi connectivity index (χ0) is 20.1. The maximum Gasteiger partial charge on any atom is 0.273 e. The average molecular weight is 389 g/mol. The summed E-state index contributed by atoms with van der Waals surface area (Å²) < 4.78 is 5.37. The highest BCUT2D eigenvalue weighted by Crippen LogP contribution is 2.26. The van der Waals surface area contributed by atoms with Crippen molar-refractivity contribution in [3.05, 3.63) is 78.0 Å². The molecular formula is C24H27N3O2. The van der Waals surface area contributed by atoms with E-state index < -0.39 is 0 Å². The minimum absolute atomic E-state index is 0.160. The van der Waals surface area contributed by atoms with Crippen LogP contribution in [0.2, 0.25) is 0 Å². The van der Waals surface area contributed by atoms with Crippen LogP contribution in [-0.2, 0) is 0 Å². The Morgan fingerprint density at radius 2 is 1.76 bits per heavy atom. The number of hydrogen-bond donors (Lipinski definition) is 1. The van der Waals surface area contributed by atoms with Crippen LogP contribution in [0.1, 0.15) is 41.9 Å². The number of aromatic nitrogens is 1. The van der Waals surface area contributed by atoms with Crippen LogP contribution in [0.4, 0.5) is 0 Å². The summed E-state index contributed by atoms with van der Waals surface area (Å²) in [4.78, 5) is 15.2. The molecule has 0 saturated carbocycles. The number of carbonyl (C=O) groups is 1. The Balaban J connectivity index is 1.44. The molecule has 1 fully saturated rings. The second kappa shape index (κ2) is 9.05. The van der Waals surface area contributed by atoms with Crippen molar-refractivity contribution in [1.29, 1.82) is 0 Å². The molecule has 150 valence electrons. The third kappa shape index (κ3) is 4.74. The SMILES string of the molecule is CC1CCN([C@H](CNC(=O)c2cc(-c3ccccc3)on2)c2ccccc2)CC1. The summed E-state index contributed by atoms with van der Waals surface area (Å²) in [5, 5.41) is 7.03. The van der Waals surface area contributed by atoms with Crippen molar-refractivity contribution < 1.29 is 9.32 Å². The van der Waals surface area contributed by atoms with Gasteiger partial charge in [0.05, 0.1) is 6.04 Å². The Labute approximate surface area is 171 Å². The van der Waals surface area contributed by atoms with Gasteiger partial charge in [-0.1, -0.05) is 72.7 Å². The maximum atomic E-state index is 12.7. The first-order chi connectivity index (χ1) is 14.2. The average Bonchev–Trinajstić information content (AvgIpc) is 3.27. The van der Waals surface area contributed by atoms with Crippen molar-refractivity contribution in [2.24, 2.45) is 5.92 Å². The molecule has 3 aromatic rings. The fraction of sp³-hybridized carbons (Fsp3) is 0.333. The van der Waals surface area contributed by atoms with Gasteiger partial charge in [0.15, 0.2) is 11.5 Å². The number of rotatable bonds is 6. The van der Waals surface area contributed by atoms with Gasteiger partial charge in [0.2, 0.25) is 0 Å². The summed E-state index contributed by atoms with van der Waals surface area (Å²) in [7, 11) is 0. The fourth-order valence-corrected chi connectivity index (χ4v) is 3.87. The highest BCUT2D eigenvalue weighted by Gasteiger charge is 2.25. The van der Waals surface area contributed by atoms with E-state index in [-0.39, 0.29) is 11.9 Å². The van der Waals surface area contributed by atoms with E-state index in [1.165, 1.54) is 18.4 Å². The van der Waals surface area contributed by atoms with Crippen molar-refractivity contribution in [2.75, 3.05) is 19.6 Å². The Morgan fingerprint density at radius 3 is 2.45 bits per heavy atom. The van der Waals surface area contributed by atoms with Crippen molar-refractivity contribution in [1.82, 2.24) is 15.4 Å². The Kier molecular flexibility index (Phi) is 6.06. The molecule has 1 aliphatic heterocycles. The lowest BCUT2D eigenvalue weighted by molar-refractivity contribution is 0.0904. The lowest BCUT2D eigenvalue weighted by atomic mass is 9.95. The van der Waals surface area contributed by atoms with Crippen LogP contribution in [0.15, 0.2) is 71.3 Å². The van der Waals surface area contributed by atoms with Gasteiger partial charge < -0.3 is 9.84 Å². The summed E-state index contributed by atoms with van der Waals surface area (Å²) >= 11 is 0. The van der Waals surface area contributed by atoms with Gasteiger partial charge in [-0.15, -0.1) is 0 Å². The molecule has 5 nitrogen and oxygen atoms in total. The standard InChI is InChI=1S/C24H27N3O2/c1-18-12-14-27(15-13-18)22(19-8-4-2-5-9-19)17-25-24(28)21-16-23(29-26-21)20-10-6-3-7-11-20/h2-11,16,18,22H,12-15,17H2,1H3,(H,25,28)/t22-/m1/s1. The number of hydrogen-bond acceptors (Lipinski definition) is 4. The van der Waals surface area contributed by atoms with Gasteiger partial charge >= 0.3 is 0 Å². The minimum atomic E-state index is -0.206. The smallest absolute Gasteiger partial charge is 0.273 e. The van der Waals surface area contributed by atoms with Crippen LogP contribution in [-0.4, -0.2) is 35.6 Å². The zero-order valence-corrected chi connectivity index (χ0v) is 16.8. The normalized spacial score (nSPS) is 16.4. The Bertz CT molecular complexity index is 916. The Morgan fingerprint density at radius 1 is 1.10 bits per heavy atom. The molecular weight excluding hydrogens is 362 g/mol. The Hall–Kier alpha value is -2.92. The number of nitrogens with one attached hydrogen (secondary N) is 1. The van der Waals surface area contributed by atoms with Crippen molar-refractivity contribution in [3.63, 3.8) is 0 Å². The van der Waals surface area contributed by atoms with Gasteiger partial charge in [0.25, 0.3) is 5.91 Å². The van der Waals surface area contributed by atoms with E-state index in [0.717, 1.165) is 24.6 Å². The van der Waals surface area contributed by atoms with Crippen LogP contribution in [0.3, 0.4) is 0 Å². The third-order valence-electron chi connectivity index (χ3n) is 5.70. The lowest BCUT2D eigenvalue weighted by Gasteiger charge is -2.37. The number of carbonyl (C=O) groups excluding carboxylic acids is 1. The molecule has 0 aliphatic carbocycles. The fourth-order valence-electron chi connectivity index (χ4n) is 3.87. The van der Waals surface area contributed by atoms with E-state index in [1.54, 1.807) is 6.07 Å². The number of piperidine rings is 1. The van der Waals surface area contributed by atoms with E-state index >= 15 is 0 Å². The molecule has 0 unspecified atom stereocenters. The molecule has 0 radical (unpaired) electrons. The van der Waals surface area contributed by atoms with Gasteiger partial charge in [-0.25, -0.2) is 0 Å². The van der Waals surface area contributed by atoms with E-state index in [2.05, 4.69) is 46.6 Å². The van der Waals surface area contributed by atoms with E-state index in [4.69, 9.17) is 4.52 Å². The molecule has 1 aromatic heterocycles. The first-order valence-electron chi connectivity index (χ1n) is 10.3. The van der Waals surface area contributed by atoms with Gasteiger partial charge in [-0.05, 0) is 37.4 Å². The molecule has 0 bridgehead atoms. The minimum Gasteiger partial charge on any atom is -0.355 e. The topological polar surface area (TPSA) is 58.4 Å². The maximum absolute atomic E-state index is 12.7. The van der Waals surface area contributed by atoms with Gasteiger partial charge in [0.1, 0.15) is 0 Å². The van der Waals surface area contributed by atoms with Crippen LogP contribution >= 0.6 is 0 Å². The molecule has 1 N–H and O–H groups in total. The van der Waals surface area contributed by atoms with Crippen molar-refractivity contribution in [2.45, 2.75) is 25.8 Å². The van der Waals surface area contributed by atoms with Crippen LogP contribution in [0.25, 0.3) is 11.3 Å². The molecule has 2 heterocycles. The summed E-state index contributed by atoms with van der Waals surface area (Å²) in [6.45, 7) is 4.97. The summed E-state index contributed by atoms with van der Waals surface area (Å²) in [6, 6.07) is 22.0. The molecule has 1 saturated heterocycles. The molecule has 5 heteroatoms. The molecule has 4 rings (SSSR count). The number of amides is 1. The van der Waals surface area contributed by atoms with Gasteiger partial charge in [-0.2, -0.15) is 0 Å². The van der Waals surface area contributed by atoms with Crippen molar-refractivity contribution >= 4 is 5.91 Å². The van der Waals surface area contributed by atoms with E-state index in [1.807, 2.05) is 36.4 Å². The van der Waals surface area contributed by atoms with E-state index in [9.17, 15) is 4.79 Å². The van der Waals surface area contributed by atoms with Crippen molar-refractivity contribution in [3.8, 4) is 11.3 Å². The summed E-state index contributed by atoms with van der Waals surface area (Å²) in [5.41, 5.74) is 2.44. The highest BCUT2D eigenvalue weighted by atomic mass is 16.5. The first kappa shape index (κ1) is 19.4. The highest BCUT2D eigenvalue weighted by molar-refractivity contribution is 5.93. The summed E-state index contributed by atoms with van der Waals surface area (Å²) in [5.74, 6) is 1.16. The monoisotopic (exact) mass is 389 g/mol. The molecule has 0 spiro atoms. The first-order valence-corrected chi connectivity index (χ1v) is 10.3. The molecule has 1 atom stereocenters. The number of benzene rings is 2. The molecule has 2 aromatic carbocycles. The van der Waals surface area contributed by atoms with Crippen LogP contribution in [0, 0.1) is 5.92 Å². The van der Waals surface area contributed by atoms with Gasteiger partial charge in [-0.3, -0.25) is 9.69 Å². The summed E-state index contributed by atoms with van der Waals surface area (Å²) in [6.07, 6.45) is 2.39. The third-order valence-corrected chi connectivity index (χ3v) is 5.70. The molecule has 29 heavy (non-hydrogen) atoms.